The third-order valence-corrected chi connectivity index (χ3v) is 6.25. The normalized spacial score (nSPS) is 15.3. The van der Waals surface area contributed by atoms with Gasteiger partial charge in [-0.3, -0.25) is 5.01 Å². The van der Waals surface area contributed by atoms with Gasteiger partial charge in [0.15, 0.2) is 0 Å². The van der Waals surface area contributed by atoms with E-state index in [1.54, 1.807) is 33.5 Å². The number of hydrogen-bond acceptors (Lipinski definition) is 6. The largest absolute Gasteiger partial charge is 0.507 e. The Labute approximate surface area is 198 Å². The average molecular weight is 455 g/mol. The number of hydrazone groups is 1. The highest BCUT2D eigenvalue weighted by atomic mass is 16.5. The van der Waals surface area contributed by atoms with E-state index >= 15 is 0 Å². The molecule has 0 saturated heterocycles. The van der Waals surface area contributed by atoms with Crippen molar-refractivity contribution in [3.63, 3.8) is 0 Å². The van der Waals surface area contributed by atoms with Gasteiger partial charge in [0.25, 0.3) is 0 Å². The first-order valence-corrected chi connectivity index (χ1v) is 11.1. The minimum atomic E-state index is -0.118. The number of phenols is 1. The molecular weight excluding hydrogens is 428 g/mol. The van der Waals surface area contributed by atoms with Crippen molar-refractivity contribution in [1.29, 1.82) is 0 Å². The van der Waals surface area contributed by atoms with Gasteiger partial charge in [-0.25, -0.2) is 0 Å². The SMILES string of the molecule is COc1ccc(O)c(C2=NN(c3ccccc3OC)C(c3ccc(OC)c4ccccc34)C2)c1. The standard InChI is InChI=1S/C28H26N2O4/c1-32-18-12-14-26(31)22(16-18)23-17-25(30(29-23)24-10-6-7-11-28(24)34-3)20-13-15-27(33-2)21-9-5-4-8-19(20)21/h4-16,25,31H,17H2,1-3H3. The van der Waals surface area contributed by atoms with E-state index in [1.807, 2.05) is 53.5 Å². The molecule has 172 valence electrons. The summed E-state index contributed by atoms with van der Waals surface area (Å²) in [4.78, 5) is 0. The Balaban J connectivity index is 1.69. The number of phenolic OH excluding ortho intramolecular Hbond substituents is 1. The molecule has 5 rings (SSSR count). The van der Waals surface area contributed by atoms with Crippen LogP contribution in [-0.2, 0) is 0 Å². The Bertz CT molecular complexity index is 1380. The Kier molecular flexibility index (Phi) is 5.72. The van der Waals surface area contributed by atoms with Gasteiger partial charge in [0.05, 0.1) is 33.1 Å². The van der Waals surface area contributed by atoms with Crippen LogP contribution in [0.5, 0.6) is 23.0 Å². The van der Waals surface area contributed by atoms with Crippen LogP contribution in [0.2, 0.25) is 0 Å². The molecule has 0 spiro atoms. The van der Waals surface area contributed by atoms with Crippen molar-refractivity contribution in [3.8, 4) is 23.0 Å². The molecule has 1 heterocycles. The lowest BCUT2D eigenvalue weighted by molar-refractivity contribution is 0.412. The monoisotopic (exact) mass is 454 g/mol. The minimum absolute atomic E-state index is 0.118. The minimum Gasteiger partial charge on any atom is -0.507 e. The number of rotatable bonds is 6. The van der Waals surface area contributed by atoms with Crippen molar-refractivity contribution in [2.24, 2.45) is 5.10 Å². The Morgan fingerprint density at radius 2 is 1.53 bits per heavy atom. The third-order valence-electron chi connectivity index (χ3n) is 6.25. The van der Waals surface area contributed by atoms with Gasteiger partial charge in [0.1, 0.15) is 28.7 Å². The van der Waals surface area contributed by atoms with E-state index in [2.05, 4.69) is 18.2 Å². The van der Waals surface area contributed by atoms with E-state index in [1.165, 1.54) is 0 Å². The third kappa shape index (κ3) is 3.67. The van der Waals surface area contributed by atoms with E-state index in [9.17, 15) is 5.11 Å². The van der Waals surface area contributed by atoms with Crippen LogP contribution in [0.1, 0.15) is 23.6 Å². The summed E-state index contributed by atoms with van der Waals surface area (Å²) in [6.45, 7) is 0. The van der Waals surface area contributed by atoms with Crippen molar-refractivity contribution in [2.45, 2.75) is 12.5 Å². The van der Waals surface area contributed by atoms with E-state index in [4.69, 9.17) is 19.3 Å². The lowest BCUT2D eigenvalue weighted by Gasteiger charge is -2.26. The molecule has 0 fully saturated rings. The maximum absolute atomic E-state index is 10.6. The first-order chi connectivity index (χ1) is 16.6. The fourth-order valence-electron chi connectivity index (χ4n) is 4.59. The molecule has 4 aromatic rings. The van der Waals surface area contributed by atoms with Crippen molar-refractivity contribution >= 4 is 22.2 Å². The van der Waals surface area contributed by atoms with Gasteiger partial charge >= 0.3 is 0 Å². The zero-order chi connectivity index (χ0) is 23.7. The predicted octanol–water partition coefficient (Wildman–Crippen LogP) is 5.93. The molecule has 1 atom stereocenters. The summed E-state index contributed by atoms with van der Waals surface area (Å²) >= 11 is 0. The summed E-state index contributed by atoms with van der Waals surface area (Å²) in [5.41, 5.74) is 3.39. The van der Waals surface area contributed by atoms with E-state index in [0.717, 1.165) is 39.2 Å². The van der Waals surface area contributed by atoms with Gasteiger partial charge in [-0.05, 0) is 47.3 Å². The fraction of sp³-hybridized carbons (Fsp3) is 0.179. The predicted molar refractivity (Wildman–Crippen MR) is 135 cm³/mol. The van der Waals surface area contributed by atoms with Gasteiger partial charge in [0, 0.05) is 17.4 Å². The molecule has 0 saturated carbocycles. The van der Waals surface area contributed by atoms with Gasteiger partial charge in [-0.2, -0.15) is 5.10 Å². The summed E-state index contributed by atoms with van der Waals surface area (Å²) in [5.74, 6) is 2.38. The van der Waals surface area contributed by atoms with Crippen LogP contribution >= 0.6 is 0 Å². The Hall–Kier alpha value is -4.19. The molecule has 0 aliphatic carbocycles. The molecule has 0 bridgehead atoms. The summed E-state index contributed by atoms with van der Waals surface area (Å²) < 4.78 is 16.7. The van der Waals surface area contributed by atoms with Gasteiger partial charge < -0.3 is 19.3 Å². The molecule has 1 N–H and O–H groups in total. The van der Waals surface area contributed by atoms with Crippen molar-refractivity contribution < 1.29 is 19.3 Å². The van der Waals surface area contributed by atoms with Crippen molar-refractivity contribution in [1.82, 2.24) is 0 Å². The highest BCUT2D eigenvalue weighted by Crippen LogP contribution is 2.44. The van der Waals surface area contributed by atoms with E-state index in [-0.39, 0.29) is 11.8 Å². The highest BCUT2D eigenvalue weighted by Gasteiger charge is 2.33. The highest BCUT2D eigenvalue weighted by molar-refractivity contribution is 6.06. The van der Waals surface area contributed by atoms with E-state index in [0.29, 0.717) is 17.7 Å². The number of anilines is 1. The number of hydrogen-bond donors (Lipinski definition) is 1. The van der Waals surface area contributed by atoms with Crippen LogP contribution in [0.25, 0.3) is 10.8 Å². The topological polar surface area (TPSA) is 63.5 Å². The number of methoxy groups -OCH3 is 3. The number of fused-ring (bicyclic) bond motifs is 1. The Morgan fingerprint density at radius 1 is 0.794 bits per heavy atom. The van der Waals surface area contributed by atoms with Crippen molar-refractivity contribution in [2.75, 3.05) is 26.3 Å². The molecule has 4 aromatic carbocycles. The maximum Gasteiger partial charge on any atom is 0.144 e. The molecule has 6 heteroatoms. The number of aromatic hydroxyl groups is 1. The molecule has 0 aromatic heterocycles. The Morgan fingerprint density at radius 3 is 2.29 bits per heavy atom. The molecule has 6 nitrogen and oxygen atoms in total. The summed E-state index contributed by atoms with van der Waals surface area (Å²) in [6, 6.07) is 25.2. The molecule has 1 aliphatic rings. The first kappa shape index (κ1) is 21.6. The summed E-state index contributed by atoms with van der Waals surface area (Å²) in [7, 11) is 4.95. The molecule has 0 radical (unpaired) electrons. The van der Waals surface area contributed by atoms with Crippen molar-refractivity contribution in [3.05, 3.63) is 90.0 Å². The molecule has 1 aliphatic heterocycles. The lowest BCUT2D eigenvalue weighted by atomic mass is 9.93. The average Bonchev–Trinajstić information content (AvgIpc) is 3.33. The van der Waals surface area contributed by atoms with Crippen LogP contribution in [0.15, 0.2) is 84.0 Å². The molecular formula is C28H26N2O4. The summed E-state index contributed by atoms with van der Waals surface area (Å²) in [6.07, 6.45) is 0.592. The van der Waals surface area contributed by atoms with Gasteiger partial charge in [-0.15, -0.1) is 0 Å². The second kappa shape index (κ2) is 8.98. The maximum atomic E-state index is 10.6. The fourth-order valence-corrected chi connectivity index (χ4v) is 4.59. The van der Waals surface area contributed by atoms with Crippen LogP contribution in [0.4, 0.5) is 5.69 Å². The number of para-hydroxylation sites is 2. The van der Waals surface area contributed by atoms with Crippen LogP contribution in [0.3, 0.4) is 0 Å². The quantitative estimate of drug-likeness (QED) is 0.391. The van der Waals surface area contributed by atoms with E-state index < -0.39 is 0 Å². The smallest absolute Gasteiger partial charge is 0.144 e. The zero-order valence-corrected chi connectivity index (χ0v) is 19.4. The second-order valence-corrected chi connectivity index (χ2v) is 8.07. The number of benzene rings is 4. The van der Waals surface area contributed by atoms with Gasteiger partial charge in [0.2, 0.25) is 0 Å². The zero-order valence-electron chi connectivity index (χ0n) is 19.4. The second-order valence-electron chi connectivity index (χ2n) is 8.07. The molecule has 0 amide bonds. The number of nitrogens with zero attached hydrogens (tertiary/aromatic N) is 2. The first-order valence-electron chi connectivity index (χ1n) is 11.1. The molecule has 34 heavy (non-hydrogen) atoms. The van der Waals surface area contributed by atoms with Crippen LogP contribution in [0, 0.1) is 0 Å². The van der Waals surface area contributed by atoms with Crippen LogP contribution in [-0.4, -0.2) is 32.1 Å². The number of ether oxygens (including phenoxy) is 3. The van der Waals surface area contributed by atoms with Gasteiger partial charge in [-0.1, -0.05) is 42.5 Å². The van der Waals surface area contributed by atoms with Crippen LogP contribution < -0.4 is 19.2 Å². The molecule has 1 unspecified atom stereocenters. The summed E-state index contributed by atoms with van der Waals surface area (Å²) in [5, 5.41) is 19.8. The lowest BCUT2D eigenvalue weighted by Crippen LogP contribution is -2.19.